The molecule has 0 spiro atoms. The molecule has 0 bridgehead atoms. The number of thioether (sulfide) groups is 1. The van der Waals surface area contributed by atoms with Gasteiger partial charge in [-0.3, -0.25) is 14.5 Å². The number of carbonyl (C=O) groups excluding carboxylic acids is 1. The molecule has 0 radical (unpaired) electrons. The fraction of sp³-hybridized carbons (Fsp3) is 0.263. The largest absolute Gasteiger partial charge is 0.486 e. The number of ether oxygens (including phenoxy) is 2. The molecule has 0 aliphatic carbocycles. The summed E-state index contributed by atoms with van der Waals surface area (Å²) in [6.07, 6.45) is 1.75. The Morgan fingerprint density at radius 3 is 3.03 bits per heavy atom. The quantitative estimate of drug-likeness (QED) is 0.311. The number of hydrogen-bond donors (Lipinski definition) is 2. The minimum absolute atomic E-state index is 0.139. The van der Waals surface area contributed by atoms with Gasteiger partial charge in [0.1, 0.15) is 13.2 Å². The van der Waals surface area contributed by atoms with Crippen LogP contribution in [0.3, 0.4) is 0 Å². The number of carbonyl (C=O) groups is 1. The Morgan fingerprint density at radius 2 is 2.23 bits per heavy atom. The standard InChI is InChI=1S/C19H19N5O3S3/c1-3-6-24-17(22-23-19(24)28)16-11(2)20-18(30-16)21-15(25)10-29-12-4-5-13-14(9-12)27-8-7-26-13/h3-5,9H,1,6-8,10H2,2H3,(H,23,28)(H,20,21,25). The Bertz CT molecular complexity index is 1150. The van der Waals surface area contributed by atoms with Crippen molar-refractivity contribution in [2.24, 2.45) is 0 Å². The molecule has 2 aromatic heterocycles. The first-order chi connectivity index (χ1) is 14.5. The highest BCUT2D eigenvalue weighted by Gasteiger charge is 2.18. The van der Waals surface area contributed by atoms with Gasteiger partial charge in [0.15, 0.2) is 27.2 Å². The van der Waals surface area contributed by atoms with E-state index in [1.54, 1.807) is 6.08 Å². The summed E-state index contributed by atoms with van der Waals surface area (Å²) in [7, 11) is 0. The first-order valence-electron chi connectivity index (χ1n) is 9.11. The Balaban J connectivity index is 1.41. The summed E-state index contributed by atoms with van der Waals surface area (Å²) < 4.78 is 13.5. The van der Waals surface area contributed by atoms with Crippen LogP contribution in [0.1, 0.15) is 5.69 Å². The summed E-state index contributed by atoms with van der Waals surface area (Å²) in [5.74, 6) is 2.24. The Morgan fingerprint density at radius 1 is 1.43 bits per heavy atom. The number of aryl methyl sites for hydroxylation is 1. The minimum Gasteiger partial charge on any atom is -0.486 e. The molecule has 1 aromatic carbocycles. The van der Waals surface area contributed by atoms with E-state index in [1.807, 2.05) is 29.7 Å². The van der Waals surface area contributed by atoms with E-state index in [4.69, 9.17) is 21.7 Å². The molecular weight excluding hydrogens is 442 g/mol. The van der Waals surface area contributed by atoms with Gasteiger partial charge >= 0.3 is 0 Å². The molecule has 0 unspecified atom stereocenters. The van der Waals surface area contributed by atoms with Crippen LogP contribution in [0.4, 0.5) is 5.13 Å². The normalized spacial score (nSPS) is 12.6. The van der Waals surface area contributed by atoms with Crippen LogP contribution in [-0.2, 0) is 11.3 Å². The monoisotopic (exact) mass is 461 g/mol. The number of hydrogen-bond acceptors (Lipinski definition) is 8. The van der Waals surface area contributed by atoms with Gasteiger partial charge in [0.25, 0.3) is 0 Å². The molecule has 3 aromatic rings. The maximum Gasteiger partial charge on any atom is 0.236 e. The second kappa shape index (κ2) is 9.02. The molecule has 0 saturated carbocycles. The minimum atomic E-state index is -0.139. The van der Waals surface area contributed by atoms with Crippen molar-refractivity contribution in [2.45, 2.75) is 18.4 Å². The molecule has 1 aliphatic heterocycles. The van der Waals surface area contributed by atoms with E-state index in [-0.39, 0.29) is 11.7 Å². The zero-order valence-corrected chi connectivity index (χ0v) is 18.6. The Hall–Kier alpha value is -2.63. The highest BCUT2D eigenvalue weighted by Crippen LogP contribution is 2.35. The molecule has 11 heteroatoms. The zero-order chi connectivity index (χ0) is 21.1. The van der Waals surface area contributed by atoms with Crippen molar-refractivity contribution in [2.75, 3.05) is 24.3 Å². The molecule has 1 amide bonds. The summed E-state index contributed by atoms with van der Waals surface area (Å²) in [5.41, 5.74) is 0.772. The predicted molar refractivity (Wildman–Crippen MR) is 120 cm³/mol. The third-order valence-corrected chi connectivity index (χ3v) is 6.57. The van der Waals surface area contributed by atoms with Crippen LogP contribution in [0.25, 0.3) is 10.7 Å². The molecule has 4 rings (SSSR count). The van der Waals surface area contributed by atoms with Crippen molar-refractivity contribution in [3.63, 3.8) is 0 Å². The molecular formula is C19H19N5O3S3. The van der Waals surface area contributed by atoms with Gasteiger partial charge in [-0.1, -0.05) is 17.4 Å². The van der Waals surface area contributed by atoms with Crippen molar-refractivity contribution in [3.05, 3.63) is 41.3 Å². The highest BCUT2D eigenvalue weighted by molar-refractivity contribution is 8.00. The van der Waals surface area contributed by atoms with Gasteiger partial charge in [-0.15, -0.1) is 18.3 Å². The first kappa shape index (κ1) is 20.6. The summed E-state index contributed by atoms with van der Waals surface area (Å²) in [6, 6.07) is 5.67. The average Bonchev–Trinajstić information content (AvgIpc) is 3.28. The smallest absolute Gasteiger partial charge is 0.236 e. The Kier molecular flexibility index (Phi) is 6.21. The van der Waals surface area contributed by atoms with Crippen molar-refractivity contribution >= 4 is 46.4 Å². The zero-order valence-electron chi connectivity index (χ0n) is 16.1. The van der Waals surface area contributed by atoms with Gasteiger partial charge in [-0.05, 0) is 37.3 Å². The number of nitrogens with one attached hydrogen (secondary N) is 2. The lowest BCUT2D eigenvalue weighted by molar-refractivity contribution is -0.113. The molecule has 30 heavy (non-hydrogen) atoms. The summed E-state index contributed by atoms with van der Waals surface area (Å²) in [6.45, 7) is 7.25. The molecule has 0 atom stereocenters. The van der Waals surface area contributed by atoms with Gasteiger partial charge in [0.2, 0.25) is 5.91 Å². The third kappa shape index (κ3) is 4.42. The van der Waals surface area contributed by atoms with Crippen LogP contribution >= 0.6 is 35.3 Å². The number of thiazole rings is 1. The van der Waals surface area contributed by atoms with Crippen LogP contribution in [0, 0.1) is 11.7 Å². The maximum absolute atomic E-state index is 12.4. The van der Waals surface area contributed by atoms with E-state index in [1.165, 1.54) is 23.1 Å². The van der Waals surface area contributed by atoms with Crippen molar-refractivity contribution in [1.29, 1.82) is 0 Å². The molecule has 3 heterocycles. The van der Waals surface area contributed by atoms with Crippen LogP contribution in [-0.4, -0.2) is 44.6 Å². The number of benzene rings is 1. The fourth-order valence-corrected chi connectivity index (χ4v) is 4.78. The van der Waals surface area contributed by atoms with E-state index in [9.17, 15) is 4.79 Å². The lowest BCUT2D eigenvalue weighted by Crippen LogP contribution is -2.15. The van der Waals surface area contributed by atoms with Crippen LogP contribution < -0.4 is 14.8 Å². The molecule has 2 N–H and O–H groups in total. The SMILES string of the molecule is C=CCn1c(-c2sc(NC(=O)CSc3ccc4c(c3)OCCO4)nc2C)n[nH]c1=S. The van der Waals surface area contributed by atoms with Crippen molar-refractivity contribution < 1.29 is 14.3 Å². The van der Waals surface area contributed by atoms with E-state index >= 15 is 0 Å². The lowest BCUT2D eigenvalue weighted by atomic mass is 10.3. The van der Waals surface area contributed by atoms with Gasteiger partial charge in [-0.25, -0.2) is 4.98 Å². The number of amides is 1. The molecule has 1 aliphatic rings. The van der Waals surface area contributed by atoms with Crippen molar-refractivity contribution in [1.82, 2.24) is 19.7 Å². The van der Waals surface area contributed by atoms with Gasteiger partial charge < -0.3 is 14.8 Å². The van der Waals surface area contributed by atoms with Crippen LogP contribution in [0.15, 0.2) is 35.7 Å². The van der Waals surface area contributed by atoms with E-state index < -0.39 is 0 Å². The average molecular weight is 462 g/mol. The van der Waals surface area contributed by atoms with Crippen LogP contribution in [0.2, 0.25) is 0 Å². The first-order valence-corrected chi connectivity index (χ1v) is 11.3. The number of anilines is 1. The summed E-state index contributed by atoms with van der Waals surface area (Å²) in [4.78, 5) is 18.7. The van der Waals surface area contributed by atoms with E-state index in [0.717, 1.165) is 21.2 Å². The third-order valence-electron chi connectivity index (χ3n) is 4.20. The molecule has 0 saturated heterocycles. The highest BCUT2D eigenvalue weighted by atomic mass is 32.2. The molecule has 8 nitrogen and oxygen atoms in total. The van der Waals surface area contributed by atoms with Gasteiger partial charge in [-0.2, -0.15) is 5.10 Å². The molecule has 0 fully saturated rings. The van der Waals surface area contributed by atoms with Gasteiger partial charge in [0, 0.05) is 11.4 Å². The topological polar surface area (TPSA) is 94.1 Å². The number of fused-ring (bicyclic) bond motifs is 1. The fourth-order valence-electron chi connectivity index (χ4n) is 2.86. The maximum atomic E-state index is 12.4. The van der Waals surface area contributed by atoms with E-state index in [0.29, 0.717) is 41.2 Å². The van der Waals surface area contributed by atoms with E-state index in [2.05, 4.69) is 27.1 Å². The number of H-pyrrole nitrogens is 1. The number of allylic oxidation sites excluding steroid dienone is 1. The second-order valence-corrected chi connectivity index (χ2v) is 8.76. The lowest BCUT2D eigenvalue weighted by Gasteiger charge is -2.18. The number of aromatic amines is 1. The molecule has 156 valence electrons. The van der Waals surface area contributed by atoms with Crippen LogP contribution in [0.5, 0.6) is 11.5 Å². The predicted octanol–water partition coefficient (Wildman–Crippen LogP) is 4.06. The van der Waals surface area contributed by atoms with Gasteiger partial charge in [0.05, 0.1) is 16.3 Å². The number of rotatable bonds is 7. The second-order valence-electron chi connectivity index (χ2n) is 6.33. The van der Waals surface area contributed by atoms with Crippen molar-refractivity contribution in [3.8, 4) is 22.2 Å². The summed E-state index contributed by atoms with van der Waals surface area (Å²) >= 11 is 8.05. The Labute approximate surface area is 186 Å². The summed E-state index contributed by atoms with van der Waals surface area (Å²) in [5, 5.41) is 10.5. The number of nitrogens with zero attached hydrogens (tertiary/aromatic N) is 3. The number of aromatic nitrogens is 4.